The Morgan fingerprint density at radius 3 is 2.33 bits per heavy atom. The van der Waals surface area contributed by atoms with Gasteiger partial charge in [0, 0.05) is 24.8 Å². The van der Waals surface area contributed by atoms with E-state index in [1.807, 2.05) is 36.4 Å². The Balaban J connectivity index is 1.63. The van der Waals surface area contributed by atoms with Crippen LogP contribution in [0.5, 0.6) is 0 Å². The minimum atomic E-state index is -0.920. The molecule has 0 aliphatic carbocycles. The van der Waals surface area contributed by atoms with Gasteiger partial charge in [-0.05, 0) is 35.4 Å². The summed E-state index contributed by atoms with van der Waals surface area (Å²) in [4.78, 5) is 29.2. The number of benzene rings is 3. The van der Waals surface area contributed by atoms with Crippen LogP contribution >= 0.6 is 0 Å². The lowest BCUT2D eigenvalue weighted by molar-refractivity contribution is -0.134. The molecule has 0 spiro atoms. The third-order valence-electron chi connectivity index (χ3n) is 5.53. The van der Waals surface area contributed by atoms with Crippen molar-refractivity contribution >= 4 is 17.5 Å². The summed E-state index contributed by atoms with van der Waals surface area (Å²) in [6, 6.07) is 19.3. The molecule has 1 aliphatic heterocycles. The van der Waals surface area contributed by atoms with Crippen molar-refractivity contribution in [1.82, 2.24) is 4.90 Å². The first-order valence-corrected chi connectivity index (χ1v) is 10.8. The van der Waals surface area contributed by atoms with Gasteiger partial charge in [-0.3, -0.25) is 9.59 Å². The maximum atomic E-state index is 14.4. The molecule has 0 radical (unpaired) electrons. The number of amides is 2. The summed E-state index contributed by atoms with van der Waals surface area (Å²) < 4.78 is 33.1. The molecule has 1 saturated heterocycles. The normalized spacial score (nSPS) is 13.6. The highest BCUT2D eigenvalue weighted by Crippen LogP contribution is 2.24. The van der Waals surface area contributed by atoms with E-state index in [9.17, 15) is 18.4 Å². The Kier molecular flexibility index (Phi) is 7.10. The summed E-state index contributed by atoms with van der Waals surface area (Å²) in [6.45, 7) is 2.35. The molecule has 1 aliphatic rings. The maximum absolute atomic E-state index is 14.4. The van der Waals surface area contributed by atoms with Crippen molar-refractivity contribution in [1.29, 1.82) is 0 Å². The number of carbonyl (C=O) groups is 2. The van der Waals surface area contributed by atoms with Crippen LogP contribution in [0.1, 0.15) is 21.5 Å². The fourth-order valence-electron chi connectivity index (χ4n) is 3.79. The number of ether oxygens (including phenoxy) is 1. The molecule has 0 saturated carbocycles. The summed E-state index contributed by atoms with van der Waals surface area (Å²) in [7, 11) is 0. The van der Waals surface area contributed by atoms with Gasteiger partial charge in [-0.1, -0.05) is 42.5 Å². The van der Waals surface area contributed by atoms with Crippen LogP contribution < -0.4 is 4.90 Å². The molecule has 3 aromatic rings. The zero-order valence-corrected chi connectivity index (χ0v) is 18.0. The number of hydrogen-bond acceptors (Lipinski definition) is 3. The average Bonchev–Trinajstić information content (AvgIpc) is 2.83. The van der Waals surface area contributed by atoms with Crippen LogP contribution in [0.2, 0.25) is 0 Å². The summed E-state index contributed by atoms with van der Waals surface area (Å²) >= 11 is 0. The molecule has 7 heteroatoms. The first-order chi connectivity index (χ1) is 16.0. The van der Waals surface area contributed by atoms with Gasteiger partial charge in [0.25, 0.3) is 5.91 Å². The van der Waals surface area contributed by atoms with Crippen LogP contribution in [0.4, 0.5) is 14.5 Å². The Morgan fingerprint density at radius 2 is 1.61 bits per heavy atom. The average molecular weight is 450 g/mol. The Labute approximate surface area is 191 Å². The van der Waals surface area contributed by atoms with E-state index in [1.54, 1.807) is 23.1 Å². The zero-order valence-electron chi connectivity index (χ0n) is 18.0. The lowest BCUT2D eigenvalue weighted by Crippen LogP contribution is -2.41. The van der Waals surface area contributed by atoms with Crippen molar-refractivity contribution in [3.8, 4) is 0 Å². The van der Waals surface area contributed by atoms with Crippen molar-refractivity contribution in [2.75, 3.05) is 31.2 Å². The molecular formula is C26H24F2N2O3. The number of rotatable bonds is 6. The molecule has 0 bridgehead atoms. The topological polar surface area (TPSA) is 49.9 Å². The second-order valence-corrected chi connectivity index (χ2v) is 7.84. The summed E-state index contributed by atoms with van der Waals surface area (Å²) in [5.74, 6) is -2.27. The molecule has 5 nitrogen and oxygen atoms in total. The van der Waals surface area contributed by atoms with Crippen LogP contribution in [-0.2, 0) is 22.5 Å². The fourth-order valence-corrected chi connectivity index (χ4v) is 3.79. The Morgan fingerprint density at radius 1 is 0.879 bits per heavy atom. The molecule has 2 amide bonds. The van der Waals surface area contributed by atoms with Crippen molar-refractivity contribution in [3.63, 3.8) is 0 Å². The van der Waals surface area contributed by atoms with E-state index in [-0.39, 0.29) is 24.4 Å². The highest BCUT2D eigenvalue weighted by atomic mass is 19.1. The second-order valence-electron chi connectivity index (χ2n) is 7.84. The van der Waals surface area contributed by atoms with Crippen LogP contribution in [0, 0.1) is 11.6 Å². The largest absolute Gasteiger partial charge is 0.378 e. The molecule has 3 aromatic carbocycles. The number of carbonyl (C=O) groups excluding carboxylic acids is 2. The van der Waals surface area contributed by atoms with Gasteiger partial charge in [-0.2, -0.15) is 0 Å². The number of morpholine rings is 1. The maximum Gasteiger partial charge on any atom is 0.261 e. The molecule has 0 atom stereocenters. The zero-order chi connectivity index (χ0) is 23.2. The Bertz CT molecular complexity index is 1130. The van der Waals surface area contributed by atoms with Crippen molar-refractivity contribution in [2.45, 2.75) is 13.0 Å². The molecule has 0 unspecified atom stereocenters. The highest BCUT2D eigenvalue weighted by molar-refractivity contribution is 6.06. The van der Waals surface area contributed by atoms with E-state index in [4.69, 9.17) is 4.74 Å². The SMILES string of the molecule is O=C(Cc1cccc(N(Cc2ccccc2)C(=O)c2ccc(F)cc2F)c1)N1CCOCC1. The molecular weight excluding hydrogens is 426 g/mol. The second kappa shape index (κ2) is 10.4. The first-order valence-electron chi connectivity index (χ1n) is 10.8. The number of anilines is 1. The van der Waals surface area contributed by atoms with E-state index in [0.29, 0.717) is 38.1 Å². The molecule has 170 valence electrons. The van der Waals surface area contributed by atoms with Crippen LogP contribution in [0.3, 0.4) is 0 Å². The molecule has 0 N–H and O–H groups in total. The lowest BCUT2D eigenvalue weighted by Gasteiger charge is -2.27. The number of hydrogen-bond donors (Lipinski definition) is 0. The van der Waals surface area contributed by atoms with E-state index < -0.39 is 17.5 Å². The minimum Gasteiger partial charge on any atom is -0.378 e. The highest BCUT2D eigenvalue weighted by Gasteiger charge is 2.23. The molecule has 33 heavy (non-hydrogen) atoms. The molecule has 1 fully saturated rings. The van der Waals surface area contributed by atoms with Crippen molar-refractivity contribution in [3.05, 3.63) is 101 Å². The van der Waals surface area contributed by atoms with Crippen LogP contribution in [0.25, 0.3) is 0 Å². The minimum absolute atomic E-state index is 0.0130. The van der Waals surface area contributed by atoms with Crippen molar-refractivity contribution < 1.29 is 23.1 Å². The van der Waals surface area contributed by atoms with Crippen LogP contribution in [-0.4, -0.2) is 43.0 Å². The predicted octanol–water partition coefficient (Wildman–Crippen LogP) is 4.21. The van der Waals surface area contributed by atoms with Gasteiger partial charge in [-0.25, -0.2) is 8.78 Å². The summed E-state index contributed by atoms with van der Waals surface area (Å²) in [5, 5.41) is 0. The van der Waals surface area contributed by atoms with Gasteiger partial charge in [0.05, 0.1) is 31.7 Å². The molecule has 4 rings (SSSR count). The van der Waals surface area contributed by atoms with Gasteiger partial charge in [-0.15, -0.1) is 0 Å². The number of nitrogens with zero attached hydrogens (tertiary/aromatic N) is 2. The predicted molar refractivity (Wildman–Crippen MR) is 121 cm³/mol. The summed E-state index contributed by atoms with van der Waals surface area (Å²) in [5.41, 5.74) is 1.90. The smallest absolute Gasteiger partial charge is 0.261 e. The lowest BCUT2D eigenvalue weighted by atomic mass is 10.1. The van der Waals surface area contributed by atoms with E-state index >= 15 is 0 Å². The van der Waals surface area contributed by atoms with Gasteiger partial charge in [0.1, 0.15) is 11.6 Å². The fraction of sp³-hybridized carbons (Fsp3) is 0.231. The van der Waals surface area contributed by atoms with Crippen molar-refractivity contribution in [2.24, 2.45) is 0 Å². The van der Waals surface area contributed by atoms with Gasteiger partial charge in [0.2, 0.25) is 5.91 Å². The number of halogens is 2. The quantitative estimate of drug-likeness (QED) is 0.565. The van der Waals surface area contributed by atoms with Gasteiger partial charge >= 0.3 is 0 Å². The standard InChI is InChI=1S/C26H24F2N2O3/c27-21-9-10-23(24(28)17-21)26(32)30(18-19-5-2-1-3-6-19)22-8-4-7-20(15-22)16-25(31)29-11-13-33-14-12-29/h1-10,15,17H,11-14,16,18H2. The molecule has 0 aromatic heterocycles. The monoisotopic (exact) mass is 450 g/mol. The van der Waals surface area contributed by atoms with Gasteiger partial charge < -0.3 is 14.5 Å². The van der Waals surface area contributed by atoms with E-state index in [0.717, 1.165) is 23.3 Å². The van der Waals surface area contributed by atoms with Gasteiger partial charge in [0.15, 0.2) is 0 Å². The molecule has 1 heterocycles. The van der Waals surface area contributed by atoms with E-state index in [1.165, 1.54) is 4.90 Å². The summed E-state index contributed by atoms with van der Waals surface area (Å²) in [6.07, 6.45) is 0.187. The van der Waals surface area contributed by atoms with Crippen LogP contribution in [0.15, 0.2) is 72.8 Å². The Hall–Kier alpha value is -3.58. The first kappa shape index (κ1) is 22.6. The van der Waals surface area contributed by atoms with E-state index in [2.05, 4.69) is 0 Å². The third kappa shape index (κ3) is 5.62. The third-order valence-corrected chi connectivity index (χ3v) is 5.53.